The van der Waals surface area contributed by atoms with Crippen LogP contribution in [0.3, 0.4) is 0 Å². The van der Waals surface area contributed by atoms with Crippen molar-refractivity contribution in [2.75, 3.05) is 32.9 Å². The van der Waals surface area contributed by atoms with Crippen molar-refractivity contribution < 1.29 is 23.7 Å². The van der Waals surface area contributed by atoms with Gasteiger partial charge in [-0.2, -0.15) is 0 Å². The van der Waals surface area contributed by atoms with Crippen molar-refractivity contribution in [1.82, 2.24) is 19.4 Å². The molecule has 0 N–H and O–H groups in total. The lowest BCUT2D eigenvalue weighted by molar-refractivity contribution is -0.0791. The summed E-state index contributed by atoms with van der Waals surface area (Å²) in [5.74, 6) is 2.88. The Bertz CT molecular complexity index is 1630. The standard InChI is InChI=1S/C33H35ClN4O5/c1-33(29-9-8-22(34)16-35-29)42-28-7-2-4-25(32(28)43-33)21-10-13-37(14-11-21)18-30-36-31-26(38(30)17-23-12-15-40-23)5-3-6-27(31)41-24-19-39-20-24/h2-9,16,21,23-24H,10-15,17-20H2,1H3/t23-,33-/m0/s1. The first-order valence-electron chi connectivity index (χ1n) is 15.2. The van der Waals surface area contributed by atoms with Crippen LogP contribution in [0.4, 0.5) is 0 Å². The second-order valence-corrected chi connectivity index (χ2v) is 12.5. The summed E-state index contributed by atoms with van der Waals surface area (Å²) in [5.41, 5.74) is 3.92. The lowest BCUT2D eigenvalue weighted by atomic mass is 9.88. The zero-order chi connectivity index (χ0) is 29.0. The molecular weight excluding hydrogens is 568 g/mol. The summed E-state index contributed by atoms with van der Waals surface area (Å²) >= 11 is 6.07. The summed E-state index contributed by atoms with van der Waals surface area (Å²) in [4.78, 5) is 12.1. The van der Waals surface area contributed by atoms with Crippen LogP contribution in [0.2, 0.25) is 5.02 Å². The van der Waals surface area contributed by atoms with Crippen molar-refractivity contribution in [3.8, 4) is 17.2 Å². The first kappa shape index (κ1) is 27.2. The lowest BCUT2D eigenvalue weighted by Crippen LogP contribution is -2.38. The van der Waals surface area contributed by atoms with Gasteiger partial charge in [0.05, 0.1) is 42.9 Å². The minimum Gasteiger partial charge on any atom is -0.483 e. The summed E-state index contributed by atoms with van der Waals surface area (Å²) in [6, 6.07) is 16.1. The Hall–Kier alpha value is -3.37. The third kappa shape index (κ3) is 5.12. The highest BCUT2D eigenvalue weighted by atomic mass is 35.5. The largest absolute Gasteiger partial charge is 0.483 e. The number of hydrogen-bond donors (Lipinski definition) is 0. The topological polar surface area (TPSA) is 80.1 Å². The molecule has 4 aromatic rings. The number of hydrogen-bond acceptors (Lipinski definition) is 8. The Balaban J connectivity index is 0.990. The molecule has 0 unspecified atom stereocenters. The summed E-state index contributed by atoms with van der Waals surface area (Å²) < 4.78 is 32.5. The number of likely N-dealkylation sites (tertiary alicyclic amines) is 1. The molecule has 0 spiro atoms. The minimum absolute atomic E-state index is 0.0994. The van der Waals surface area contributed by atoms with Crippen LogP contribution in [0.25, 0.3) is 11.0 Å². The van der Waals surface area contributed by atoms with Crippen molar-refractivity contribution in [2.45, 2.75) is 63.2 Å². The van der Waals surface area contributed by atoms with Crippen molar-refractivity contribution in [2.24, 2.45) is 0 Å². The highest BCUT2D eigenvalue weighted by Crippen LogP contribution is 2.49. The summed E-state index contributed by atoms with van der Waals surface area (Å²) in [5, 5.41) is 0.583. The van der Waals surface area contributed by atoms with Gasteiger partial charge in [0, 0.05) is 25.3 Å². The molecule has 0 amide bonds. The Kier molecular flexibility index (Phi) is 6.94. The van der Waals surface area contributed by atoms with Crippen LogP contribution in [0.1, 0.15) is 49.2 Å². The molecule has 0 saturated carbocycles. The third-order valence-corrected chi connectivity index (χ3v) is 9.32. The molecule has 6 heterocycles. The maximum Gasteiger partial charge on any atom is 0.292 e. The molecule has 4 aliphatic heterocycles. The molecule has 2 atom stereocenters. The predicted molar refractivity (Wildman–Crippen MR) is 161 cm³/mol. The quantitative estimate of drug-likeness (QED) is 0.255. The minimum atomic E-state index is -0.985. The van der Waals surface area contributed by atoms with Crippen LogP contribution in [-0.4, -0.2) is 64.6 Å². The first-order valence-corrected chi connectivity index (χ1v) is 15.6. The number of benzene rings is 2. The van der Waals surface area contributed by atoms with E-state index in [4.69, 9.17) is 40.3 Å². The van der Waals surface area contributed by atoms with Gasteiger partial charge in [-0.1, -0.05) is 29.8 Å². The molecule has 0 radical (unpaired) electrons. The third-order valence-electron chi connectivity index (χ3n) is 9.10. The molecule has 0 bridgehead atoms. The summed E-state index contributed by atoms with van der Waals surface area (Å²) in [6.45, 7) is 7.55. The van der Waals surface area contributed by atoms with Crippen molar-refractivity contribution in [3.05, 3.63) is 76.8 Å². The molecule has 224 valence electrons. The highest BCUT2D eigenvalue weighted by molar-refractivity contribution is 6.30. The maximum absolute atomic E-state index is 6.49. The van der Waals surface area contributed by atoms with Gasteiger partial charge in [0.2, 0.25) is 0 Å². The van der Waals surface area contributed by atoms with E-state index in [9.17, 15) is 0 Å². The summed E-state index contributed by atoms with van der Waals surface area (Å²) in [6.07, 6.45) is 5.10. The number of ether oxygens (including phenoxy) is 5. The van der Waals surface area contributed by atoms with Gasteiger partial charge >= 0.3 is 0 Å². The van der Waals surface area contributed by atoms with Gasteiger partial charge in [0.25, 0.3) is 5.79 Å². The highest BCUT2D eigenvalue weighted by Gasteiger charge is 2.42. The van der Waals surface area contributed by atoms with Crippen LogP contribution < -0.4 is 14.2 Å². The molecule has 3 fully saturated rings. The number of aromatic nitrogens is 3. The summed E-state index contributed by atoms with van der Waals surface area (Å²) in [7, 11) is 0. The number of pyridine rings is 1. The van der Waals surface area contributed by atoms with E-state index in [1.54, 1.807) is 6.20 Å². The van der Waals surface area contributed by atoms with E-state index in [0.29, 0.717) is 29.8 Å². The average Bonchev–Trinajstić information content (AvgIpc) is 3.51. The molecule has 8 rings (SSSR count). The average molecular weight is 603 g/mol. The number of fused-ring (bicyclic) bond motifs is 2. The van der Waals surface area contributed by atoms with Crippen LogP contribution in [0.5, 0.6) is 17.2 Å². The predicted octanol–water partition coefficient (Wildman–Crippen LogP) is 5.67. The fraction of sp³-hybridized carbons (Fsp3) is 0.455. The van der Waals surface area contributed by atoms with Gasteiger partial charge in [-0.05, 0) is 68.6 Å². The van der Waals surface area contributed by atoms with E-state index in [1.807, 2.05) is 31.2 Å². The Morgan fingerprint density at radius 2 is 1.86 bits per heavy atom. The van der Waals surface area contributed by atoms with Crippen molar-refractivity contribution in [1.29, 1.82) is 0 Å². The second-order valence-electron chi connectivity index (χ2n) is 12.1. The zero-order valence-corrected chi connectivity index (χ0v) is 25.0. The molecule has 4 aliphatic rings. The fourth-order valence-electron chi connectivity index (χ4n) is 6.50. The van der Waals surface area contributed by atoms with E-state index in [1.165, 1.54) is 5.56 Å². The van der Waals surface area contributed by atoms with E-state index in [0.717, 1.165) is 86.2 Å². The molecule has 10 heteroatoms. The van der Waals surface area contributed by atoms with Gasteiger partial charge < -0.3 is 28.3 Å². The fourth-order valence-corrected chi connectivity index (χ4v) is 6.61. The lowest BCUT2D eigenvalue weighted by Gasteiger charge is -2.33. The first-order chi connectivity index (χ1) is 21.0. The van der Waals surface area contributed by atoms with E-state index < -0.39 is 5.79 Å². The maximum atomic E-state index is 6.49. The number of nitrogens with zero attached hydrogens (tertiary/aromatic N) is 4. The molecule has 3 saturated heterocycles. The number of para-hydroxylation sites is 2. The van der Waals surface area contributed by atoms with Crippen LogP contribution >= 0.6 is 11.6 Å². The Morgan fingerprint density at radius 1 is 1.02 bits per heavy atom. The van der Waals surface area contributed by atoms with Crippen LogP contribution in [-0.2, 0) is 28.4 Å². The smallest absolute Gasteiger partial charge is 0.292 e. The van der Waals surface area contributed by atoms with E-state index in [2.05, 4.69) is 38.7 Å². The molecule has 9 nitrogen and oxygen atoms in total. The molecule has 2 aromatic carbocycles. The van der Waals surface area contributed by atoms with Crippen molar-refractivity contribution in [3.63, 3.8) is 0 Å². The molecule has 43 heavy (non-hydrogen) atoms. The van der Waals surface area contributed by atoms with Crippen LogP contribution in [0, 0.1) is 0 Å². The Morgan fingerprint density at radius 3 is 2.58 bits per heavy atom. The van der Waals surface area contributed by atoms with Gasteiger partial charge in [-0.3, -0.25) is 9.88 Å². The van der Waals surface area contributed by atoms with E-state index in [-0.39, 0.29) is 12.2 Å². The number of piperidine rings is 1. The zero-order valence-electron chi connectivity index (χ0n) is 24.2. The Labute approximate surface area is 255 Å². The molecule has 2 aromatic heterocycles. The van der Waals surface area contributed by atoms with E-state index >= 15 is 0 Å². The van der Waals surface area contributed by atoms with Gasteiger partial charge in [0.1, 0.15) is 28.9 Å². The number of imidazole rings is 1. The molecule has 0 aliphatic carbocycles. The van der Waals surface area contributed by atoms with Crippen molar-refractivity contribution >= 4 is 22.6 Å². The van der Waals surface area contributed by atoms with Gasteiger partial charge in [-0.15, -0.1) is 0 Å². The van der Waals surface area contributed by atoms with Gasteiger partial charge in [-0.25, -0.2) is 4.98 Å². The van der Waals surface area contributed by atoms with Gasteiger partial charge in [0.15, 0.2) is 11.5 Å². The second kappa shape index (κ2) is 11.0. The SMILES string of the molecule is C[C@]1(c2ccc(Cl)cn2)Oc2cccc(C3CCN(Cc4nc5c(OC6COC6)cccc5n4C[C@@H]4CCO4)CC3)c2O1. The number of halogens is 1. The number of rotatable bonds is 8. The monoisotopic (exact) mass is 602 g/mol. The molecular formula is C33H35ClN4O5. The van der Waals surface area contributed by atoms with Crippen LogP contribution in [0.15, 0.2) is 54.7 Å². The normalized spacial score (nSPS) is 24.2.